The molecule has 0 saturated heterocycles. The van der Waals surface area contributed by atoms with Crippen LogP contribution in [-0.4, -0.2) is 0 Å². The lowest BCUT2D eigenvalue weighted by Crippen LogP contribution is -2.26. The van der Waals surface area contributed by atoms with Crippen molar-refractivity contribution in [3.8, 4) is 0 Å². The molecular formula is C22H20N2. The van der Waals surface area contributed by atoms with Crippen molar-refractivity contribution in [1.82, 2.24) is 0 Å². The third-order valence-electron chi connectivity index (χ3n) is 4.70. The highest BCUT2D eigenvalue weighted by Gasteiger charge is 2.18. The van der Waals surface area contributed by atoms with Gasteiger partial charge in [0.2, 0.25) is 0 Å². The molecule has 4 N–H and O–H groups in total. The molecule has 0 aliphatic carbocycles. The predicted molar refractivity (Wildman–Crippen MR) is 102 cm³/mol. The Morgan fingerprint density at radius 2 is 0.833 bits per heavy atom. The first kappa shape index (κ1) is 14.9. The molecule has 2 heteroatoms. The maximum Gasteiger partial charge on any atom is 0.0491 e. The van der Waals surface area contributed by atoms with E-state index in [-0.39, 0.29) is 12.1 Å². The summed E-state index contributed by atoms with van der Waals surface area (Å²) in [5, 5.41) is 4.81. The average molecular weight is 312 g/mol. The van der Waals surface area contributed by atoms with Crippen LogP contribution in [0, 0.1) is 0 Å². The van der Waals surface area contributed by atoms with Crippen molar-refractivity contribution in [2.45, 2.75) is 12.1 Å². The molecular weight excluding hydrogens is 292 g/mol. The molecule has 0 radical (unpaired) electrons. The SMILES string of the molecule is N[C@@H](c1ccc2ccccc2c1)[C@@H](N)c1ccc2ccccc2c1. The fourth-order valence-corrected chi connectivity index (χ4v) is 3.24. The van der Waals surface area contributed by atoms with E-state index < -0.39 is 0 Å². The molecule has 0 spiro atoms. The van der Waals surface area contributed by atoms with Gasteiger partial charge in [-0.2, -0.15) is 0 Å². The van der Waals surface area contributed by atoms with Gasteiger partial charge in [0, 0.05) is 12.1 Å². The molecule has 2 atom stereocenters. The summed E-state index contributed by atoms with van der Waals surface area (Å²) in [6.45, 7) is 0. The normalized spacial score (nSPS) is 13.9. The highest BCUT2D eigenvalue weighted by Crippen LogP contribution is 2.29. The van der Waals surface area contributed by atoms with Gasteiger partial charge in [-0.1, -0.05) is 72.8 Å². The van der Waals surface area contributed by atoms with Crippen LogP contribution in [0.15, 0.2) is 84.9 Å². The predicted octanol–water partition coefficient (Wildman–Crippen LogP) is 4.69. The zero-order valence-electron chi connectivity index (χ0n) is 13.4. The molecule has 0 heterocycles. The van der Waals surface area contributed by atoms with Crippen LogP contribution >= 0.6 is 0 Å². The van der Waals surface area contributed by atoms with Crippen LogP contribution in [0.25, 0.3) is 21.5 Å². The van der Waals surface area contributed by atoms with Gasteiger partial charge in [0.15, 0.2) is 0 Å². The van der Waals surface area contributed by atoms with E-state index in [0.717, 1.165) is 11.1 Å². The minimum Gasteiger partial charge on any atom is -0.322 e. The summed E-state index contributed by atoms with van der Waals surface area (Å²) in [5.74, 6) is 0. The Morgan fingerprint density at radius 3 is 1.25 bits per heavy atom. The van der Waals surface area contributed by atoms with E-state index in [1.54, 1.807) is 0 Å². The summed E-state index contributed by atoms with van der Waals surface area (Å²) in [6.07, 6.45) is 0. The van der Waals surface area contributed by atoms with Gasteiger partial charge in [-0.05, 0) is 44.8 Å². The van der Waals surface area contributed by atoms with Gasteiger partial charge in [-0.25, -0.2) is 0 Å². The molecule has 0 aliphatic rings. The highest BCUT2D eigenvalue weighted by molar-refractivity contribution is 5.84. The minimum absolute atomic E-state index is 0.240. The second kappa shape index (κ2) is 6.08. The van der Waals surface area contributed by atoms with Gasteiger partial charge in [-0.3, -0.25) is 0 Å². The van der Waals surface area contributed by atoms with E-state index in [0.29, 0.717) is 0 Å². The Morgan fingerprint density at radius 1 is 0.458 bits per heavy atom. The number of hydrogen-bond donors (Lipinski definition) is 2. The van der Waals surface area contributed by atoms with E-state index in [4.69, 9.17) is 11.5 Å². The fraction of sp³-hybridized carbons (Fsp3) is 0.0909. The van der Waals surface area contributed by atoms with Crippen LogP contribution in [0.5, 0.6) is 0 Å². The van der Waals surface area contributed by atoms with E-state index in [9.17, 15) is 0 Å². The van der Waals surface area contributed by atoms with Crippen molar-refractivity contribution in [3.05, 3.63) is 96.1 Å². The number of nitrogens with two attached hydrogens (primary N) is 2. The second-order valence-electron chi connectivity index (χ2n) is 6.26. The van der Waals surface area contributed by atoms with Gasteiger partial charge in [0.25, 0.3) is 0 Å². The smallest absolute Gasteiger partial charge is 0.0491 e. The van der Waals surface area contributed by atoms with Crippen LogP contribution in [0.2, 0.25) is 0 Å². The molecule has 0 bridgehead atoms. The van der Waals surface area contributed by atoms with Gasteiger partial charge in [0.05, 0.1) is 0 Å². The number of benzene rings is 4. The van der Waals surface area contributed by atoms with Crippen molar-refractivity contribution in [2.75, 3.05) is 0 Å². The molecule has 0 amide bonds. The summed E-state index contributed by atoms with van der Waals surface area (Å²) >= 11 is 0. The Bertz CT molecular complexity index is 923. The molecule has 0 aromatic heterocycles. The molecule has 24 heavy (non-hydrogen) atoms. The number of rotatable bonds is 3. The molecule has 118 valence electrons. The third kappa shape index (κ3) is 2.67. The summed E-state index contributed by atoms with van der Waals surface area (Å²) in [5.41, 5.74) is 15.1. The van der Waals surface area contributed by atoms with E-state index >= 15 is 0 Å². The molecule has 0 saturated carbocycles. The topological polar surface area (TPSA) is 52.0 Å². The molecule has 4 rings (SSSR count). The third-order valence-corrected chi connectivity index (χ3v) is 4.70. The van der Waals surface area contributed by atoms with E-state index in [2.05, 4.69) is 60.7 Å². The maximum absolute atomic E-state index is 6.48. The summed E-state index contributed by atoms with van der Waals surface area (Å²) in [6, 6.07) is 28.8. The number of fused-ring (bicyclic) bond motifs is 2. The minimum atomic E-state index is -0.240. The van der Waals surface area contributed by atoms with E-state index in [1.165, 1.54) is 21.5 Å². The molecule has 4 aromatic rings. The highest BCUT2D eigenvalue weighted by atomic mass is 14.8. The van der Waals surface area contributed by atoms with Gasteiger partial charge in [0.1, 0.15) is 0 Å². The zero-order chi connectivity index (χ0) is 16.5. The lowest BCUT2D eigenvalue weighted by molar-refractivity contribution is 0.575. The molecule has 4 aromatic carbocycles. The molecule has 2 nitrogen and oxygen atoms in total. The van der Waals surface area contributed by atoms with E-state index in [1.807, 2.05) is 24.3 Å². The fourth-order valence-electron chi connectivity index (χ4n) is 3.24. The zero-order valence-corrected chi connectivity index (χ0v) is 13.4. The van der Waals surface area contributed by atoms with Crippen LogP contribution in [0.1, 0.15) is 23.2 Å². The Labute approximate surface area is 141 Å². The first-order valence-corrected chi connectivity index (χ1v) is 8.21. The quantitative estimate of drug-likeness (QED) is 0.576. The van der Waals surface area contributed by atoms with Crippen molar-refractivity contribution in [1.29, 1.82) is 0 Å². The van der Waals surface area contributed by atoms with Crippen LogP contribution in [-0.2, 0) is 0 Å². The maximum atomic E-state index is 6.48. The van der Waals surface area contributed by atoms with Crippen LogP contribution in [0.3, 0.4) is 0 Å². The van der Waals surface area contributed by atoms with Gasteiger partial charge in [-0.15, -0.1) is 0 Å². The molecule has 0 fully saturated rings. The standard InChI is InChI=1S/C22H20N2/c23-21(19-11-9-15-5-1-3-7-17(15)13-19)22(24)20-12-10-16-6-2-4-8-18(16)14-20/h1-14,21-22H,23-24H2/t21-,22-/m0/s1. The Balaban J connectivity index is 1.69. The largest absolute Gasteiger partial charge is 0.322 e. The Kier molecular flexibility index (Phi) is 3.77. The second-order valence-corrected chi connectivity index (χ2v) is 6.26. The monoisotopic (exact) mass is 312 g/mol. The van der Waals surface area contributed by atoms with Gasteiger partial charge >= 0.3 is 0 Å². The van der Waals surface area contributed by atoms with Gasteiger partial charge < -0.3 is 11.5 Å². The lowest BCUT2D eigenvalue weighted by Gasteiger charge is -2.21. The van der Waals surface area contributed by atoms with Crippen LogP contribution in [0.4, 0.5) is 0 Å². The van der Waals surface area contributed by atoms with Crippen molar-refractivity contribution in [2.24, 2.45) is 11.5 Å². The first-order valence-electron chi connectivity index (χ1n) is 8.21. The first-order chi connectivity index (χ1) is 11.7. The van der Waals surface area contributed by atoms with Crippen molar-refractivity contribution in [3.63, 3.8) is 0 Å². The summed E-state index contributed by atoms with van der Waals surface area (Å²) in [7, 11) is 0. The Hall–Kier alpha value is -2.68. The van der Waals surface area contributed by atoms with Crippen LogP contribution < -0.4 is 11.5 Å². The number of hydrogen-bond acceptors (Lipinski definition) is 2. The lowest BCUT2D eigenvalue weighted by atomic mass is 9.92. The summed E-state index contributed by atoms with van der Waals surface area (Å²) < 4.78 is 0. The molecule has 0 unspecified atom stereocenters. The molecule has 0 aliphatic heterocycles. The summed E-state index contributed by atoms with van der Waals surface area (Å²) in [4.78, 5) is 0. The van der Waals surface area contributed by atoms with Crippen molar-refractivity contribution >= 4 is 21.5 Å². The van der Waals surface area contributed by atoms with Crippen molar-refractivity contribution < 1.29 is 0 Å². The average Bonchev–Trinajstić information content (AvgIpc) is 2.66.